The summed E-state index contributed by atoms with van der Waals surface area (Å²) < 4.78 is 0. The number of nitrogens with zero attached hydrogens (tertiary/aromatic N) is 1. The zero-order valence-corrected chi connectivity index (χ0v) is 11.2. The molecule has 0 spiro atoms. The molecule has 0 fully saturated rings. The Balaban J connectivity index is 2.66. The molecular weight excluding hydrogens is 260 g/mol. The van der Waals surface area contributed by atoms with Crippen LogP contribution in [-0.4, -0.2) is 28.9 Å². The van der Waals surface area contributed by atoms with Crippen molar-refractivity contribution in [1.82, 2.24) is 10.3 Å². The van der Waals surface area contributed by atoms with Crippen molar-refractivity contribution in [2.45, 2.75) is 12.2 Å². The van der Waals surface area contributed by atoms with E-state index in [4.69, 9.17) is 17.4 Å². The Morgan fingerprint density at radius 2 is 2.41 bits per heavy atom. The van der Waals surface area contributed by atoms with Gasteiger partial charge in [-0.05, 0) is 12.3 Å². The number of rotatable bonds is 5. The number of nitrogen functional groups attached to an aromatic ring is 1. The third kappa shape index (κ3) is 4.07. The first-order chi connectivity index (χ1) is 8.08. The summed E-state index contributed by atoms with van der Waals surface area (Å²) in [7, 11) is 0. The van der Waals surface area contributed by atoms with E-state index in [0.717, 1.165) is 0 Å². The van der Waals surface area contributed by atoms with Crippen LogP contribution in [0.1, 0.15) is 17.3 Å². The average Bonchev–Trinajstić information content (AvgIpc) is 2.35. The first-order valence-corrected chi connectivity index (χ1v) is 6.68. The quantitative estimate of drug-likeness (QED) is 0.560. The third-order valence-corrected chi connectivity index (χ3v) is 3.45. The van der Waals surface area contributed by atoms with Crippen LogP contribution in [-0.2, 0) is 0 Å². The minimum Gasteiger partial charge on any atom is -0.351 e. The zero-order valence-electron chi connectivity index (χ0n) is 9.66. The van der Waals surface area contributed by atoms with E-state index in [9.17, 15) is 4.79 Å². The van der Waals surface area contributed by atoms with Crippen molar-refractivity contribution in [2.24, 2.45) is 5.84 Å². The second kappa shape index (κ2) is 6.68. The number of amides is 1. The first kappa shape index (κ1) is 14.1. The third-order valence-electron chi connectivity index (χ3n) is 2.19. The molecule has 0 saturated carbocycles. The van der Waals surface area contributed by atoms with Crippen LogP contribution in [0.2, 0.25) is 5.02 Å². The molecule has 4 N–H and O–H groups in total. The second-order valence-corrected chi connectivity index (χ2v) is 5.14. The summed E-state index contributed by atoms with van der Waals surface area (Å²) in [6.07, 6.45) is 3.43. The van der Waals surface area contributed by atoms with Crippen LogP contribution in [0.5, 0.6) is 0 Å². The van der Waals surface area contributed by atoms with Gasteiger partial charge in [-0.25, -0.2) is 10.8 Å². The summed E-state index contributed by atoms with van der Waals surface area (Å²) in [4.78, 5) is 15.7. The average molecular weight is 275 g/mol. The van der Waals surface area contributed by atoms with E-state index in [1.54, 1.807) is 11.8 Å². The number of thioether (sulfide) groups is 1. The summed E-state index contributed by atoms with van der Waals surface area (Å²) >= 11 is 7.56. The molecule has 0 aliphatic carbocycles. The van der Waals surface area contributed by atoms with Crippen molar-refractivity contribution in [3.63, 3.8) is 0 Å². The molecule has 0 aromatic carbocycles. The van der Waals surface area contributed by atoms with Crippen LogP contribution in [0.25, 0.3) is 0 Å². The van der Waals surface area contributed by atoms with Gasteiger partial charge in [-0.1, -0.05) is 18.5 Å². The van der Waals surface area contributed by atoms with Crippen LogP contribution in [0, 0.1) is 0 Å². The van der Waals surface area contributed by atoms with Gasteiger partial charge >= 0.3 is 0 Å². The number of carbonyl (C=O) groups is 1. The topological polar surface area (TPSA) is 80.0 Å². The van der Waals surface area contributed by atoms with Gasteiger partial charge in [-0.2, -0.15) is 11.8 Å². The SMILES string of the molecule is CSC(C)CNC(=O)c1cnc(NN)c(Cl)c1. The lowest BCUT2D eigenvalue weighted by atomic mass is 10.2. The van der Waals surface area contributed by atoms with Crippen LogP contribution >= 0.6 is 23.4 Å². The monoisotopic (exact) mass is 274 g/mol. The van der Waals surface area contributed by atoms with Gasteiger partial charge in [0, 0.05) is 18.0 Å². The molecule has 0 saturated heterocycles. The van der Waals surface area contributed by atoms with Gasteiger partial charge in [0.1, 0.15) is 0 Å². The number of hydrogen-bond donors (Lipinski definition) is 3. The molecule has 5 nitrogen and oxygen atoms in total. The second-order valence-electron chi connectivity index (χ2n) is 3.46. The van der Waals surface area contributed by atoms with Gasteiger partial charge in [0.05, 0.1) is 10.6 Å². The normalized spacial score (nSPS) is 12.0. The van der Waals surface area contributed by atoms with E-state index in [2.05, 4.69) is 15.7 Å². The number of hydrogen-bond acceptors (Lipinski definition) is 5. The Hall–Kier alpha value is -0.980. The fraction of sp³-hybridized carbons (Fsp3) is 0.400. The molecule has 1 aromatic heterocycles. The van der Waals surface area contributed by atoms with Crippen molar-refractivity contribution >= 4 is 35.1 Å². The predicted molar refractivity (Wildman–Crippen MR) is 72.4 cm³/mol. The van der Waals surface area contributed by atoms with E-state index in [-0.39, 0.29) is 5.91 Å². The van der Waals surface area contributed by atoms with E-state index >= 15 is 0 Å². The number of hydrazine groups is 1. The Bertz CT molecular complexity index is 402. The molecule has 1 aromatic rings. The molecule has 0 aliphatic heterocycles. The lowest BCUT2D eigenvalue weighted by Gasteiger charge is -2.10. The highest BCUT2D eigenvalue weighted by Crippen LogP contribution is 2.18. The maximum absolute atomic E-state index is 11.7. The fourth-order valence-corrected chi connectivity index (χ4v) is 1.56. The van der Waals surface area contributed by atoms with Gasteiger partial charge in [0.25, 0.3) is 5.91 Å². The zero-order chi connectivity index (χ0) is 12.8. The number of aromatic nitrogens is 1. The van der Waals surface area contributed by atoms with Gasteiger partial charge < -0.3 is 10.7 Å². The maximum Gasteiger partial charge on any atom is 0.252 e. The first-order valence-electron chi connectivity index (χ1n) is 5.01. The van der Waals surface area contributed by atoms with Crippen molar-refractivity contribution < 1.29 is 4.79 Å². The lowest BCUT2D eigenvalue weighted by Crippen LogP contribution is -2.29. The standard InChI is InChI=1S/C10H15ClN4OS/c1-6(17-2)4-14-10(16)7-3-8(11)9(15-12)13-5-7/h3,5-6H,4,12H2,1-2H3,(H,13,15)(H,14,16). The van der Waals surface area contributed by atoms with E-state index < -0.39 is 0 Å². The molecule has 0 bridgehead atoms. The number of anilines is 1. The molecule has 17 heavy (non-hydrogen) atoms. The molecule has 94 valence electrons. The van der Waals surface area contributed by atoms with Gasteiger partial charge in [-0.15, -0.1) is 0 Å². The number of pyridine rings is 1. The number of halogens is 1. The highest BCUT2D eigenvalue weighted by molar-refractivity contribution is 7.99. The van der Waals surface area contributed by atoms with Gasteiger partial charge in [0.15, 0.2) is 5.82 Å². The van der Waals surface area contributed by atoms with E-state index in [1.165, 1.54) is 12.3 Å². The van der Waals surface area contributed by atoms with Crippen molar-refractivity contribution in [1.29, 1.82) is 0 Å². The largest absolute Gasteiger partial charge is 0.351 e. The Morgan fingerprint density at radius 3 is 2.94 bits per heavy atom. The molecule has 1 atom stereocenters. The molecule has 1 amide bonds. The van der Waals surface area contributed by atoms with Crippen LogP contribution < -0.4 is 16.6 Å². The summed E-state index contributed by atoms with van der Waals surface area (Å²) in [6.45, 7) is 2.64. The molecule has 7 heteroatoms. The van der Waals surface area contributed by atoms with E-state index in [0.29, 0.717) is 28.2 Å². The summed E-state index contributed by atoms with van der Waals surface area (Å²) in [6, 6.07) is 1.53. The van der Waals surface area contributed by atoms with Crippen LogP contribution in [0.4, 0.5) is 5.82 Å². The Labute approximate surface area is 109 Å². The molecule has 0 aliphatic rings. The van der Waals surface area contributed by atoms with Crippen molar-refractivity contribution in [3.8, 4) is 0 Å². The number of nitrogens with two attached hydrogens (primary N) is 1. The minimum atomic E-state index is -0.191. The summed E-state index contributed by atoms with van der Waals surface area (Å²) in [5.41, 5.74) is 2.76. The Morgan fingerprint density at radius 1 is 1.71 bits per heavy atom. The molecular formula is C10H15ClN4OS. The fourth-order valence-electron chi connectivity index (χ4n) is 1.09. The maximum atomic E-state index is 11.7. The minimum absolute atomic E-state index is 0.191. The number of carbonyl (C=O) groups excluding carboxylic acids is 1. The molecule has 1 heterocycles. The highest BCUT2D eigenvalue weighted by atomic mass is 35.5. The predicted octanol–water partition coefficient (Wildman–Crippen LogP) is 1.50. The summed E-state index contributed by atoms with van der Waals surface area (Å²) in [5.74, 6) is 5.35. The highest BCUT2D eigenvalue weighted by Gasteiger charge is 2.10. The van der Waals surface area contributed by atoms with Crippen LogP contribution in [0.15, 0.2) is 12.3 Å². The molecule has 1 rings (SSSR count). The Kier molecular flexibility index (Phi) is 5.54. The summed E-state index contributed by atoms with van der Waals surface area (Å²) in [5, 5.41) is 3.49. The van der Waals surface area contributed by atoms with Crippen LogP contribution in [0.3, 0.4) is 0 Å². The molecule has 1 unspecified atom stereocenters. The number of nitrogens with one attached hydrogen (secondary N) is 2. The molecule has 0 radical (unpaired) electrons. The smallest absolute Gasteiger partial charge is 0.252 e. The van der Waals surface area contributed by atoms with Crippen molar-refractivity contribution in [3.05, 3.63) is 22.8 Å². The van der Waals surface area contributed by atoms with Gasteiger partial charge in [0.2, 0.25) is 0 Å². The van der Waals surface area contributed by atoms with E-state index in [1.807, 2.05) is 13.2 Å². The lowest BCUT2D eigenvalue weighted by molar-refractivity contribution is 0.0954. The van der Waals surface area contributed by atoms with Crippen molar-refractivity contribution in [2.75, 3.05) is 18.2 Å². The van der Waals surface area contributed by atoms with Gasteiger partial charge in [-0.3, -0.25) is 4.79 Å².